The summed E-state index contributed by atoms with van der Waals surface area (Å²) in [6.07, 6.45) is 1.75. The number of aromatic nitrogens is 2. The molecule has 3 aliphatic heterocycles. The highest BCUT2D eigenvalue weighted by molar-refractivity contribution is 5.93. The van der Waals surface area contributed by atoms with E-state index in [4.69, 9.17) is 9.72 Å². The molecule has 4 aliphatic rings. The number of halogens is 1. The van der Waals surface area contributed by atoms with Gasteiger partial charge in [-0.05, 0) is 48.9 Å². The molecule has 2 atom stereocenters. The minimum atomic E-state index is -1.88. The molecular formula is C28H29FN4O4. The number of benzene rings is 1. The molecule has 1 aromatic carbocycles. The standard InChI is InChI=1S/C28H29FN4O4/c1-3-28(36)18-10-22-25-16(12-33(22)26(34)17(18)13-37-27(28)35)24-21(32-8-6-30-7-9-32)5-4-15-14(2)19(29)11-20(31-25)23(15)24/h10-11,21,30,36H,3-9,12-13H2,1-2H3/t21-,28-/m0/s1. The van der Waals surface area contributed by atoms with Crippen LogP contribution in [0.2, 0.25) is 0 Å². The summed E-state index contributed by atoms with van der Waals surface area (Å²) >= 11 is 0. The van der Waals surface area contributed by atoms with Crippen molar-refractivity contribution in [2.24, 2.45) is 0 Å². The van der Waals surface area contributed by atoms with Crippen LogP contribution in [-0.2, 0) is 34.7 Å². The van der Waals surface area contributed by atoms with Crippen molar-refractivity contribution >= 4 is 16.9 Å². The number of piperazine rings is 1. The lowest BCUT2D eigenvalue weighted by molar-refractivity contribution is -0.172. The van der Waals surface area contributed by atoms with E-state index >= 15 is 4.39 Å². The van der Waals surface area contributed by atoms with E-state index in [0.29, 0.717) is 40.1 Å². The number of cyclic esters (lactones) is 1. The lowest BCUT2D eigenvalue weighted by Crippen LogP contribution is -2.46. The normalized spacial score (nSPS) is 24.5. The van der Waals surface area contributed by atoms with E-state index in [0.717, 1.165) is 61.1 Å². The number of nitrogens with zero attached hydrogens (tertiary/aromatic N) is 3. The molecule has 0 radical (unpaired) electrons. The topological polar surface area (TPSA) is 96.7 Å². The maximum Gasteiger partial charge on any atom is 0.343 e. The quantitative estimate of drug-likeness (QED) is 0.405. The van der Waals surface area contributed by atoms with Gasteiger partial charge in [-0.1, -0.05) is 6.92 Å². The summed E-state index contributed by atoms with van der Waals surface area (Å²) in [6, 6.07) is 3.39. The van der Waals surface area contributed by atoms with Crippen molar-refractivity contribution in [2.45, 2.75) is 57.9 Å². The first-order chi connectivity index (χ1) is 17.8. The molecule has 0 spiro atoms. The van der Waals surface area contributed by atoms with Gasteiger partial charge in [-0.15, -0.1) is 0 Å². The zero-order chi connectivity index (χ0) is 25.6. The van der Waals surface area contributed by atoms with Crippen LogP contribution in [0, 0.1) is 12.7 Å². The van der Waals surface area contributed by atoms with E-state index in [1.165, 1.54) is 6.07 Å². The van der Waals surface area contributed by atoms with Crippen LogP contribution in [0.15, 0.2) is 16.9 Å². The highest BCUT2D eigenvalue weighted by Gasteiger charge is 2.46. The Hall–Kier alpha value is -3.14. The minimum absolute atomic E-state index is 0.0872. The van der Waals surface area contributed by atoms with E-state index in [1.807, 2.05) is 6.92 Å². The van der Waals surface area contributed by atoms with Crippen molar-refractivity contribution in [1.29, 1.82) is 0 Å². The van der Waals surface area contributed by atoms with E-state index in [-0.39, 0.29) is 30.4 Å². The number of esters is 1. The van der Waals surface area contributed by atoms with Crippen LogP contribution in [0.4, 0.5) is 4.39 Å². The van der Waals surface area contributed by atoms with Crippen molar-refractivity contribution in [2.75, 3.05) is 26.2 Å². The SMILES string of the molecule is CC[C@@]1(O)C(=O)OCc2c1cc1n(c2=O)Cc2c-1nc1cc(F)c(C)c3c1c2[C@@H](N1CCNCC1)CC3. The fourth-order valence-corrected chi connectivity index (χ4v) is 6.89. The summed E-state index contributed by atoms with van der Waals surface area (Å²) in [7, 11) is 0. The Morgan fingerprint density at radius 1 is 1.22 bits per heavy atom. The number of aryl methyl sites for hydroxylation is 1. The number of hydrogen-bond acceptors (Lipinski definition) is 7. The second-order valence-electron chi connectivity index (χ2n) is 10.7. The molecule has 2 aromatic heterocycles. The molecule has 1 fully saturated rings. The van der Waals surface area contributed by atoms with Gasteiger partial charge >= 0.3 is 5.97 Å². The smallest absolute Gasteiger partial charge is 0.343 e. The number of aliphatic hydroxyl groups is 1. The van der Waals surface area contributed by atoms with E-state index < -0.39 is 11.6 Å². The predicted octanol–water partition coefficient (Wildman–Crippen LogP) is 2.42. The first-order valence-corrected chi connectivity index (χ1v) is 13.1. The molecule has 1 saturated heterocycles. The highest BCUT2D eigenvalue weighted by Crippen LogP contribution is 2.47. The van der Waals surface area contributed by atoms with Crippen LogP contribution in [0.3, 0.4) is 0 Å². The molecule has 8 nitrogen and oxygen atoms in total. The fourth-order valence-electron chi connectivity index (χ4n) is 6.89. The molecule has 9 heteroatoms. The third-order valence-corrected chi connectivity index (χ3v) is 8.94. The summed E-state index contributed by atoms with van der Waals surface area (Å²) in [5.74, 6) is -1.02. The summed E-state index contributed by atoms with van der Waals surface area (Å²) in [4.78, 5) is 33.7. The van der Waals surface area contributed by atoms with E-state index in [1.54, 1.807) is 17.6 Å². The zero-order valence-electron chi connectivity index (χ0n) is 21.0. The summed E-state index contributed by atoms with van der Waals surface area (Å²) in [5.41, 5.74) is 4.03. The summed E-state index contributed by atoms with van der Waals surface area (Å²) in [5, 5.41) is 15.6. The zero-order valence-corrected chi connectivity index (χ0v) is 21.0. The van der Waals surface area contributed by atoms with Gasteiger partial charge in [0.15, 0.2) is 5.60 Å². The van der Waals surface area contributed by atoms with Crippen LogP contribution in [0.1, 0.15) is 59.2 Å². The van der Waals surface area contributed by atoms with Crippen LogP contribution in [-0.4, -0.2) is 51.7 Å². The number of nitrogens with one attached hydrogen (secondary N) is 1. The maximum atomic E-state index is 15.0. The van der Waals surface area contributed by atoms with Gasteiger partial charge in [0.1, 0.15) is 12.4 Å². The number of pyridine rings is 2. The third-order valence-electron chi connectivity index (χ3n) is 8.94. The Morgan fingerprint density at radius 3 is 2.76 bits per heavy atom. The number of rotatable bonds is 2. The summed E-state index contributed by atoms with van der Waals surface area (Å²) in [6.45, 7) is 7.39. The van der Waals surface area contributed by atoms with Gasteiger partial charge in [-0.3, -0.25) is 9.69 Å². The fraction of sp³-hybridized carbons (Fsp3) is 0.464. The van der Waals surface area contributed by atoms with Crippen molar-refractivity contribution in [1.82, 2.24) is 19.8 Å². The molecule has 192 valence electrons. The number of ether oxygens (including phenoxy) is 1. The van der Waals surface area contributed by atoms with Gasteiger partial charge in [0.25, 0.3) is 5.56 Å². The van der Waals surface area contributed by atoms with Crippen molar-refractivity contribution in [3.63, 3.8) is 0 Å². The predicted molar refractivity (Wildman–Crippen MR) is 135 cm³/mol. The summed E-state index contributed by atoms with van der Waals surface area (Å²) < 4.78 is 21.9. The van der Waals surface area contributed by atoms with E-state index in [9.17, 15) is 14.7 Å². The first-order valence-electron chi connectivity index (χ1n) is 13.1. The van der Waals surface area contributed by atoms with Gasteiger partial charge in [0.05, 0.1) is 29.0 Å². The Labute approximate surface area is 213 Å². The molecule has 1 aliphatic carbocycles. The molecule has 5 heterocycles. The molecule has 3 aromatic rings. The lowest BCUT2D eigenvalue weighted by atomic mass is 9.81. The number of carbonyl (C=O) groups is 1. The van der Waals surface area contributed by atoms with Crippen molar-refractivity contribution in [3.8, 4) is 11.4 Å². The number of hydrogen-bond donors (Lipinski definition) is 2. The molecule has 37 heavy (non-hydrogen) atoms. The first kappa shape index (κ1) is 23.0. The van der Waals surface area contributed by atoms with E-state index in [2.05, 4.69) is 10.2 Å². The van der Waals surface area contributed by atoms with Gasteiger partial charge in [-0.2, -0.15) is 0 Å². The lowest BCUT2D eigenvalue weighted by Gasteiger charge is -2.39. The molecule has 7 rings (SSSR count). The van der Waals surface area contributed by atoms with Crippen LogP contribution >= 0.6 is 0 Å². The van der Waals surface area contributed by atoms with Gasteiger partial charge in [0, 0.05) is 54.8 Å². The third kappa shape index (κ3) is 3.02. The maximum absolute atomic E-state index is 15.0. The Balaban J connectivity index is 1.52. The largest absolute Gasteiger partial charge is 0.458 e. The van der Waals surface area contributed by atoms with Crippen LogP contribution in [0.25, 0.3) is 22.3 Å². The number of carbonyl (C=O) groups excluding carboxylic acids is 1. The van der Waals surface area contributed by atoms with Crippen LogP contribution < -0.4 is 10.9 Å². The van der Waals surface area contributed by atoms with Gasteiger partial charge < -0.3 is 19.7 Å². The second kappa shape index (κ2) is 7.93. The van der Waals surface area contributed by atoms with Gasteiger partial charge in [-0.25, -0.2) is 14.2 Å². The highest BCUT2D eigenvalue weighted by atomic mass is 19.1. The average Bonchev–Trinajstić information content (AvgIpc) is 3.29. The monoisotopic (exact) mass is 504 g/mol. The molecule has 0 saturated carbocycles. The molecule has 0 amide bonds. The van der Waals surface area contributed by atoms with Crippen LogP contribution in [0.5, 0.6) is 0 Å². The van der Waals surface area contributed by atoms with Gasteiger partial charge in [0.2, 0.25) is 0 Å². The Morgan fingerprint density at radius 2 is 2.00 bits per heavy atom. The Kier molecular flexibility index (Phi) is 4.93. The second-order valence-corrected chi connectivity index (χ2v) is 10.7. The van der Waals surface area contributed by atoms with Crippen molar-refractivity contribution in [3.05, 3.63) is 61.7 Å². The average molecular weight is 505 g/mol. The molecule has 0 bridgehead atoms. The molecule has 0 unspecified atom stereocenters. The molecular weight excluding hydrogens is 475 g/mol. The minimum Gasteiger partial charge on any atom is -0.458 e. The van der Waals surface area contributed by atoms with Crippen molar-refractivity contribution < 1.29 is 19.0 Å². The molecule has 2 N–H and O–H groups in total. The number of fused-ring (bicyclic) bond motifs is 5. The Bertz CT molecular complexity index is 1580.